The average Bonchev–Trinajstić information content (AvgIpc) is 2.93. The first kappa shape index (κ1) is 10.8. The summed E-state index contributed by atoms with van der Waals surface area (Å²) in [4.78, 5) is 24.4. The summed E-state index contributed by atoms with van der Waals surface area (Å²) >= 11 is 0. The molecule has 1 fully saturated rings. The number of amides is 1. The zero-order valence-corrected chi connectivity index (χ0v) is 9.46. The van der Waals surface area contributed by atoms with E-state index in [0.29, 0.717) is 13.0 Å². The van der Waals surface area contributed by atoms with Crippen molar-refractivity contribution in [2.45, 2.75) is 6.42 Å². The molecule has 1 aliphatic heterocycles. The Morgan fingerprint density at radius 1 is 1.50 bits per heavy atom. The van der Waals surface area contributed by atoms with E-state index in [9.17, 15) is 9.59 Å². The van der Waals surface area contributed by atoms with E-state index in [0.717, 1.165) is 16.6 Å². The third kappa shape index (κ3) is 1.54. The minimum absolute atomic E-state index is 0.342. The molecule has 3 rings (SSSR count). The lowest BCUT2D eigenvalue weighted by atomic mass is 10.1. The molecule has 1 atom stereocenters. The Morgan fingerprint density at radius 2 is 2.33 bits per heavy atom. The summed E-state index contributed by atoms with van der Waals surface area (Å²) in [5, 5.41) is 16.6. The number of hydrogen-bond donors (Lipinski definition) is 2. The molecule has 0 bridgehead atoms. The van der Waals surface area contributed by atoms with Crippen LogP contribution < -0.4 is 4.90 Å². The van der Waals surface area contributed by atoms with Gasteiger partial charge in [0, 0.05) is 17.6 Å². The predicted octanol–water partition coefficient (Wildman–Crippen LogP) is 1.00. The predicted molar refractivity (Wildman–Crippen MR) is 64.2 cm³/mol. The molecule has 1 aromatic carbocycles. The van der Waals surface area contributed by atoms with Crippen LogP contribution in [0.5, 0.6) is 0 Å². The number of carboxylic acid groups (broad SMARTS) is 1. The number of nitrogens with one attached hydrogen (secondary N) is 1. The largest absolute Gasteiger partial charge is 0.481 e. The number of carbonyl (C=O) groups is 2. The second-order valence-corrected chi connectivity index (χ2v) is 4.31. The van der Waals surface area contributed by atoms with Gasteiger partial charge in [-0.2, -0.15) is 5.10 Å². The van der Waals surface area contributed by atoms with Gasteiger partial charge in [0.1, 0.15) is 5.92 Å². The van der Waals surface area contributed by atoms with Gasteiger partial charge in [-0.05, 0) is 24.6 Å². The van der Waals surface area contributed by atoms with Crippen LogP contribution in [0.15, 0.2) is 24.4 Å². The number of carboxylic acids is 1. The van der Waals surface area contributed by atoms with Crippen LogP contribution in [0.3, 0.4) is 0 Å². The fourth-order valence-corrected chi connectivity index (χ4v) is 2.26. The van der Waals surface area contributed by atoms with Crippen molar-refractivity contribution in [3.8, 4) is 0 Å². The first-order chi connectivity index (χ1) is 8.66. The highest BCUT2D eigenvalue weighted by molar-refractivity contribution is 6.08. The lowest BCUT2D eigenvalue weighted by Crippen LogP contribution is -2.29. The van der Waals surface area contributed by atoms with Crippen LogP contribution in [-0.4, -0.2) is 33.7 Å². The van der Waals surface area contributed by atoms with Crippen molar-refractivity contribution in [3.05, 3.63) is 24.4 Å². The van der Waals surface area contributed by atoms with Gasteiger partial charge in [0.25, 0.3) is 0 Å². The van der Waals surface area contributed by atoms with E-state index in [1.54, 1.807) is 12.3 Å². The van der Waals surface area contributed by atoms with Crippen LogP contribution in [-0.2, 0) is 9.59 Å². The Morgan fingerprint density at radius 3 is 3.06 bits per heavy atom. The molecule has 1 aromatic heterocycles. The highest BCUT2D eigenvalue weighted by Crippen LogP contribution is 2.27. The van der Waals surface area contributed by atoms with Crippen LogP contribution >= 0.6 is 0 Å². The molecular weight excluding hydrogens is 234 g/mol. The third-order valence-corrected chi connectivity index (χ3v) is 3.24. The van der Waals surface area contributed by atoms with E-state index in [2.05, 4.69) is 10.2 Å². The molecule has 1 aliphatic rings. The van der Waals surface area contributed by atoms with E-state index in [1.807, 2.05) is 12.1 Å². The molecule has 6 nitrogen and oxygen atoms in total. The number of aromatic amines is 1. The zero-order valence-electron chi connectivity index (χ0n) is 9.46. The smallest absolute Gasteiger partial charge is 0.316 e. The number of aromatic nitrogens is 2. The fourth-order valence-electron chi connectivity index (χ4n) is 2.26. The van der Waals surface area contributed by atoms with Crippen molar-refractivity contribution in [1.29, 1.82) is 0 Å². The molecule has 92 valence electrons. The van der Waals surface area contributed by atoms with Gasteiger partial charge < -0.3 is 10.0 Å². The van der Waals surface area contributed by atoms with Crippen LogP contribution in [0.2, 0.25) is 0 Å². The SMILES string of the molecule is O=C(O)C1CCN(c2ccc3[nH]ncc3c2)C1=O. The number of rotatable bonds is 2. The number of anilines is 1. The summed E-state index contributed by atoms with van der Waals surface area (Å²) in [6.45, 7) is 0.444. The lowest BCUT2D eigenvalue weighted by molar-refractivity contribution is -0.144. The Bertz CT molecular complexity index is 634. The van der Waals surface area contributed by atoms with Gasteiger partial charge in [-0.1, -0.05) is 0 Å². The van der Waals surface area contributed by atoms with Crippen molar-refractivity contribution >= 4 is 28.5 Å². The molecule has 0 saturated carbocycles. The van der Waals surface area contributed by atoms with Gasteiger partial charge in [-0.3, -0.25) is 14.7 Å². The number of H-pyrrole nitrogens is 1. The fraction of sp³-hybridized carbons (Fsp3) is 0.250. The molecule has 6 heteroatoms. The Labute approximate surface area is 102 Å². The third-order valence-electron chi connectivity index (χ3n) is 3.24. The second kappa shape index (κ2) is 3.83. The number of nitrogens with zero attached hydrogens (tertiary/aromatic N) is 2. The Hall–Kier alpha value is -2.37. The van der Waals surface area contributed by atoms with Crippen LogP contribution in [0.1, 0.15) is 6.42 Å². The minimum Gasteiger partial charge on any atom is -0.481 e. The van der Waals surface area contributed by atoms with Crippen molar-refractivity contribution in [1.82, 2.24) is 10.2 Å². The Kier molecular flexibility index (Phi) is 2.29. The maximum atomic E-state index is 11.9. The maximum Gasteiger partial charge on any atom is 0.316 e. The summed E-state index contributed by atoms with van der Waals surface area (Å²) in [7, 11) is 0. The molecule has 2 heterocycles. The van der Waals surface area contributed by atoms with Gasteiger partial charge in [0.15, 0.2) is 0 Å². The summed E-state index contributed by atoms with van der Waals surface area (Å²) < 4.78 is 0. The minimum atomic E-state index is -1.05. The Balaban J connectivity index is 1.95. The first-order valence-electron chi connectivity index (χ1n) is 5.64. The quantitative estimate of drug-likeness (QED) is 0.773. The van der Waals surface area contributed by atoms with Crippen LogP contribution in [0.25, 0.3) is 10.9 Å². The number of carbonyl (C=O) groups excluding carboxylic acids is 1. The topological polar surface area (TPSA) is 86.3 Å². The van der Waals surface area contributed by atoms with E-state index in [-0.39, 0.29) is 5.91 Å². The van der Waals surface area contributed by atoms with Crippen LogP contribution in [0.4, 0.5) is 5.69 Å². The molecule has 1 unspecified atom stereocenters. The van der Waals surface area contributed by atoms with Crippen molar-refractivity contribution < 1.29 is 14.7 Å². The van der Waals surface area contributed by atoms with Gasteiger partial charge in [0.05, 0.1) is 11.7 Å². The van der Waals surface area contributed by atoms with Gasteiger partial charge in [-0.15, -0.1) is 0 Å². The van der Waals surface area contributed by atoms with Crippen LogP contribution in [0, 0.1) is 5.92 Å². The summed E-state index contributed by atoms with van der Waals surface area (Å²) in [6, 6.07) is 5.46. The van der Waals surface area contributed by atoms with E-state index >= 15 is 0 Å². The highest BCUT2D eigenvalue weighted by Gasteiger charge is 2.37. The standard InChI is InChI=1S/C12H11N3O3/c16-11-9(12(17)18)3-4-15(11)8-1-2-10-7(5-8)6-13-14-10/h1-2,5-6,9H,3-4H2,(H,13,14)(H,17,18). The van der Waals surface area contributed by atoms with E-state index in [1.165, 1.54) is 4.90 Å². The van der Waals surface area contributed by atoms with Crippen molar-refractivity contribution in [2.24, 2.45) is 5.92 Å². The van der Waals surface area contributed by atoms with Gasteiger partial charge in [0.2, 0.25) is 5.91 Å². The average molecular weight is 245 g/mol. The molecule has 2 N–H and O–H groups in total. The molecule has 2 aromatic rings. The summed E-state index contributed by atoms with van der Waals surface area (Å²) in [5.74, 6) is -2.30. The molecule has 0 aliphatic carbocycles. The van der Waals surface area contributed by atoms with Crippen molar-refractivity contribution in [3.63, 3.8) is 0 Å². The monoisotopic (exact) mass is 245 g/mol. The first-order valence-corrected chi connectivity index (χ1v) is 5.64. The number of benzene rings is 1. The normalized spacial score (nSPS) is 19.7. The summed E-state index contributed by atoms with van der Waals surface area (Å²) in [6.07, 6.45) is 2.03. The molecule has 1 saturated heterocycles. The lowest BCUT2D eigenvalue weighted by Gasteiger charge is -2.16. The molecule has 1 amide bonds. The van der Waals surface area contributed by atoms with Gasteiger partial charge in [-0.25, -0.2) is 0 Å². The maximum absolute atomic E-state index is 11.9. The highest BCUT2D eigenvalue weighted by atomic mass is 16.4. The zero-order chi connectivity index (χ0) is 12.7. The number of fused-ring (bicyclic) bond motifs is 1. The molecule has 0 radical (unpaired) electrons. The van der Waals surface area contributed by atoms with E-state index < -0.39 is 11.9 Å². The second-order valence-electron chi connectivity index (χ2n) is 4.31. The summed E-state index contributed by atoms with van der Waals surface area (Å²) in [5.41, 5.74) is 1.61. The van der Waals surface area contributed by atoms with Gasteiger partial charge >= 0.3 is 5.97 Å². The molecule has 18 heavy (non-hydrogen) atoms. The number of aliphatic carboxylic acids is 1. The molecule has 0 spiro atoms. The van der Waals surface area contributed by atoms with E-state index in [4.69, 9.17) is 5.11 Å². The molecular formula is C12H11N3O3. The number of hydrogen-bond acceptors (Lipinski definition) is 3. The van der Waals surface area contributed by atoms with Crippen molar-refractivity contribution in [2.75, 3.05) is 11.4 Å².